The van der Waals surface area contributed by atoms with Crippen LogP contribution in [-0.2, 0) is 20.7 Å². The molecule has 3 heterocycles. The Morgan fingerprint density at radius 3 is 2.66 bits per heavy atom. The van der Waals surface area contributed by atoms with Gasteiger partial charge < -0.3 is 24.1 Å². The molecule has 184 valence electrons. The number of benzene rings is 2. The fourth-order valence-corrected chi connectivity index (χ4v) is 5.36. The van der Waals surface area contributed by atoms with E-state index in [0.29, 0.717) is 50.5 Å². The highest BCUT2D eigenvalue weighted by atomic mass is 16.7. The standard InChI is InChI=1S/C28H32N2O5/c1-3-18-7-5-8-20-23(16-29-26(18)20)22(21-9-6-10-24-27(21)35-17-34-24)15-25(31)30-13-11-19(12-14-30)28(32)33-4-2/h5-10,16,19,22,29H,3-4,11-15,17H2,1-2H3. The van der Waals surface area contributed by atoms with Crippen molar-refractivity contribution in [2.24, 2.45) is 5.92 Å². The summed E-state index contributed by atoms with van der Waals surface area (Å²) in [5.41, 5.74) is 4.40. The molecule has 5 rings (SSSR count). The number of nitrogens with one attached hydrogen (secondary N) is 1. The molecule has 0 bridgehead atoms. The predicted octanol–water partition coefficient (Wildman–Crippen LogP) is 4.78. The molecule has 1 N–H and O–H groups in total. The van der Waals surface area contributed by atoms with Crippen LogP contribution in [0.15, 0.2) is 42.6 Å². The van der Waals surface area contributed by atoms with Crippen molar-refractivity contribution < 1.29 is 23.8 Å². The molecule has 7 heteroatoms. The molecule has 1 fully saturated rings. The van der Waals surface area contributed by atoms with Gasteiger partial charge in [0.25, 0.3) is 0 Å². The second-order valence-electron chi connectivity index (χ2n) is 9.18. The lowest BCUT2D eigenvalue weighted by Gasteiger charge is -2.32. The van der Waals surface area contributed by atoms with E-state index >= 15 is 0 Å². The van der Waals surface area contributed by atoms with Gasteiger partial charge in [0, 0.05) is 48.1 Å². The summed E-state index contributed by atoms with van der Waals surface area (Å²) in [6.45, 7) is 5.66. The van der Waals surface area contributed by atoms with Crippen LogP contribution >= 0.6 is 0 Å². The Balaban J connectivity index is 1.44. The highest BCUT2D eigenvalue weighted by Crippen LogP contribution is 2.44. The number of nitrogens with zero attached hydrogens (tertiary/aromatic N) is 1. The molecule has 1 unspecified atom stereocenters. The van der Waals surface area contributed by atoms with Gasteiger partial charge in [-0.05, 0) is 43.4 Å². The number of esters is 1. The first-order chi connectivity index (χ1) is 17.1. The maximum Gasteiger partial charge on any atom is 0.309 e. The third kappa shape index (κ3) is 4.47. The summed E-state index contributed by atoms with van der Waals surface area (Å²) >= 11 is 0. The number of rotatable bonds is 7. The number of piperidine rings is 1. The zero-order chi connectivity index (χ0) is 24.4. The van der Waals surface area contributed by atoms with Crippen LogP contribution in [0.2, 0.25) is 0 Å². The van der Waals surface area contributed by atoms with E-state index in [4.69, 9.17) is 14.2 Å². The van der Waals surface area contributed by atoms with E-state index in [1.165, 1.54) is 5.56 Å². The molecule has 1 aromatic heterocycles. The molecule has 3 aromatic rings. The van der Waals surface area contributed by atoms with Crippen LogP contribution in [-0.4, -0.2) is 48.2 Å². The number of amides is 1. The third-order valence-electron chi connectivity index (χ3n) is 7.24. The minimum atomic E-state index is -0.192. The lowest BCUT2D eigenvalue weighted by Crippen LogP contribution is -2.41. The second-order valence-corrected chi connectivity index (χ2v) is 9.18. The van der Waals surface area contributed by atoms with Gasteiger partial charge in [-0.3, -0.25) is 9.59 Å². The molecule has 1 saturated heterocycles. The second kappa shape index (κ2) is 10.0. The molecule has 1 amide bonds. The van der Waals surface area contributed by atoms with Gasteiger partial charge >= 0.3 is 5.97 Å². The molecule has 0 saturated carbocycles. The maximum absolute atomic E-state index is 13.6. The average molecular weight is 477 g/mol. The number of H-pyrrole nitrogens is 1. The normalized spacial score (nSPS) is 16.5. The molecule has 0 spiro atoms. The van der Waals surface area contributed by atoms with E-state index in [-0.39, 0.29) is 30.5 Å². The fourth-order valence-electron chi connectivity index (χ4n) is 5.36. The minimum absolute atomic E-state index is 0.0785. The molecular formula is C28H32N2O5. The lowest BCUT2D eigenvalue weighted by atomic mass is 9.86. The Bertz CT molecular complexity index is 1230. The van der Waals surface area contributed by atoms with Crippen molar-refractivity contribution >= 4 is 22.8 Å². The van der Waals surface area contributed by atoms with E-state index in [9.17, 15) is 9.59 Å². The van der Waals surface area contributed by atoms with E-state index in [1.807, 2.05) is 36.2 Å². The van der Waals surface area contributed by atoms with Gasteiger partial charge in [-0.2, -0.15) is 0 Å². The summed E-state index contributed by atoms with van der Waals surface area (Å²) in [7, 11) is 0. The molecule has 0 aliphatic carbocycles. The molecule has 7 nitrogen and oxygen atoms in total. The number of ether oxygens (including phenoxy) is 3. The van der Waals surface area contributed by atoms with Crippen LogP contribution in [0, 0.1) is 5.92 Å². The Hall–Kier alpha value is -3.48. The number of likely N-dealkylation sites (tertiary alicyclic amines) is 1. The van der Waals surface area contributed by atoms with Crippen molar-refractivity contribution in [2.45, 2.75) is 45.4 Å². The van der Waals surface area contributed by atoms with Gasteiger partial charge in [-0.15, -0.1) is 0 Å². The summed E-state index contributed by atoms with van der Waals surface area (Å²) in [6.07, 6.45) is 4.55. The fraction of sp³-hybridized carbons (Fsp3) is 0.429. The number of hydrogen-bond donors (Lipinski definition) is 1. The summed E-state index contributed by atoms with van der Waals surface area (Å²) < 4.78 is 16.7. The summed E-state index contributed by atoms with van der Waals surface area (Å²) in [5, 5.41) is 1.12. The average Bonchev–Trinajstić information content (AvgIpc) is 3.54. The van der Waals surface area contributed by atoms with Crippen LogP contribution in [0.1, 0.15) is 55.7 Å². The largest absolute Gasteiger partial charge is 0.466 e. The number of aromatic amines is 1. The number of aromatic nitrogens is 1. The number of aryl methyl sites for hydroxylation is 1. The predicted molar refractivity (Wildman–Crippen MR) is 133 cm³/mol. The third-order valence-corrected chi connectivity index (χ3v) is 7.24. The van der Waals surface area contributed by atoms with Gasteiger partial charge in [-0.25, -0.2) is 0 Å². The molecule has 0 radical (unpaired) electrons. The van der Waals surface area contributed by atoms with Crippen LogP contribution in [0.4, 0.5) is 0 Å². The Morgan fingerprint density at radius 1 is 1.09 bits per heavy atom. The van der Waals surface area contributed by atoms with Gasteiger partial charge in [0.15, 0.2) is 11.5 Å². The maximum atomic E-state index is 13.6. The van der Waals surface area contributed by atoms with E-state index in [2.05, 4.69) is 30.1 Å². The zero-order valence-corrected chi connectivity index (χ0v) is 20.3. The molecule has 35 heavy (non-hydrogen) atoms. The first-order valence-electron chi connectivity index (χ1n) is 12.5. The first-order valence-corrected chi connectivity index (χ1v) is 12.5. The Morgan fingerprint density at radius 2 is 1.89 bits per heavy atom. The van der Waals surface area contributed by atoms with Crippen LogP contribution in [0.3, 0.4) is 0 Å². The summed E-state index contributed by atoms with van der Waals surface area (Å²) in [5.74, 6) is 1.04. The van der Waals surface area contributed by atoms with E-state index in [0.717, 1.165) is 28.5 Å². The smallest absolute Gasteiger partial charge is 0.309 e. The first kappa shape index (κ1) is 23.3. The molecule has 2 aliphatic rings. The van der Waals surface area contributed by atoms with E-state index in [1.54, 1.807) is 0 Å². The van der Waals surface area contributed by atoms with Gasteiger partial charge in [0.1, 0.15) is 0 Å². The zero-order valence-electron chi connectivity index (χ0n) is 20.3. The number of fused-ring (bicyclic) bond motifs is 2. The molecule has 2 aromatic carbocycles. The number of carbonyl (C=O) groups is 2. The number of carbonyl (C=O) groups excluding carboxylic acids is 2. The summed E-state index contributed by atoms with van der Waals surface area (Å²) in [6, 6.07) is 12.2. The quantitative estimate of drug-likeness (QED) is 0.496. The monoisotopic (exact) mass is 476 g/mol. The lowest BCUT2D eigenvalue weighted by molar-refractivity contribution is -0.151. The van der Waals surface area contributed by atoms with Gasteiger partial charge in [0.05, 0.1) is 12.5 Å². The van der Waals surface area contributed by atoms with Crippen molar-refractivity contribution in [3.8, 4) is 11.5 Å². The van der Waals surface area contributed by atoms with Crippen molar-refractivity contribution in [3.05, 3.63) is 59.3 Å². The van der Waals surface area contributed by atoms with Crippen molar-refractivity contribution in [1.29, 1.82) is 0 Å². The van der Waals surface area contributed by atoms with Gasteiger partial charge in [-0.1, -0.05) is 37.3 Å². The SMILES string of the molecule is CCOC(=O)C1CCN(C(=O)CC(c2cccc3c2OCO3)c2c[nH]c3c(CC)cccc23)CC1. The Labute approximate surface area is 205 Å². The molecule has 1 atom stereocenters. The van der Waals surface area contributed by atoms with Crippen LogP contribution < -0.4 is 9.47 Å². The van der Waals surface area contributed by atoms with Crippen LogP contribution in [0.5, 0.6) is 11.5 Å². The Kier molecular flexibility index (Phi) is 6.66. The van der Waals surface area contributed by atoms with Crippen molar-refractivity contribution in [3.63, 3.8) is 0 Å². The topological polar surface area (TPSA) is 80.9 Å². The van der Waals surface area contributed by atoms with Crippen molar-refractivity contribution in [1.82, 2.24) is 9.88 Å². The van der Waals surface area contributed by atoms with E-state index < -0.39 is 0 Å². The highest BCUT2D eigenvalue weighted by Gasteiger charge is 2.32. The van der Waals surface area contributed by atoms with Gasteiger partial charge in [0.2, 0.25) is 12.7 Å². The number of hydrogen-bond acceptors (Lipinski definition) is 5. The number of para-hydroxylation sites is 2. The highest BCUT2D eigenvalue weighted by molar-refractivity contribution is 5.88. The molecular weight excluding hydrogens is 444 g/mol. The van der Waals surface area contributed by atoms with Crippen LogP contribution in [0.25, 0.3) is 10.9 Å². The summed E-state index contributed by atoms with van der Waals surface area (Å²) in [4.78, 5) is 31.0. The molecule has 2 aliphatic heterocycles. The minimum Gasteiger partial charge on any atom is -0.466 e. The van der Waals surface area contributed by atoms with Crippen molar-refractivity contribution in [2.75, 3.05) is 26.5 Å².